The van der Waals surface area contributed by atoms with Crippen molar-refractivity contribution in [2.75, 3.05) is 5.73 Å². The first-order valence-corrected chi connectivity index (χ1v) is 8.31. The minimum Gasteiger partial charge on any atom is -0.398 e. The van der Waals surface area contributed by atoms with E-state index in [0.717, 1.165) is 10.8 Å². The molecule has 3 aromatic carbocycles. The number of nitrogens with two attached hydrogens (primary N) is 2. The van der Waals surface area contributed by atoms with Gasteiger partial charge in [-0.2, -0.15) is 5.11 Å². The Labute approximate surface area is 133 Å². The van der Waals surface area contributed by atoms with Crippen LogP contribution in [0.5, 0.6) is 0 Å². The molecule has 0 radical (unpaired) electrons. The molecule has 6 nitrogen and oxygen atoms in total. The van der Waals surface area contributed by atoms with Crippen LogP contribution in [-0.4, -0.2) is 8.42 Å². The summed E-state index contributed by atoms with van der Waals surface area (Å²) in [5, 5.41) is 15.2. The number of rotatable bonds is 3. The lowest BCUT2D eigenvalue weighted by atomic mass is 10.1. The molecule has 0 atom stereocenters. The molecule has 116 valence electrons. The third-order valence-electron chi connectivity index (χ3n) is 3.35. The van der Waals surface area contributed by atoms with Gasteiger partial charge >= 0.3 is 0 Å². The molecule has 7 heteroatoms. The number of anilines is 1. The molecule has 4 N–H and O–H groups in total. The highest BCUT2D eigenvalue weighted by Gasteiger charge is 2.08. The Morgan fingerprint density at radius 2 is 1.57 bits per heavy atom. The van der Waals surface area contributed by atoms with Gasteiger partial charge in [0.05, 0.1) is 16.3 Å². The zero-order valence-electron chi connectivity index (χ0n) is 12.0. The van der Waals surface area contributed by atoms with Gasteiger partial charge < -0.3 is 5.73 Å². The quantitative estimate of drug-likeness (QED) is 0.567. The molecule has 0 fully saturated rings. The van der Waals surface area contributed by atoms with E-state index in [0.29, 0.717) is 17.1 Å². The van der Waals surface area contributed by atoms with Gasteiger partial charge in [0.1, 0.15) is 0 Å². The standard InChI is InChI=1S/C16H14N4O2S/c17-15-8-9-16(14-7-2-1-6-13(14)15)20-19-11-4-3-5-12(10-11)23(18,21)22/h1-10H,17H2,(H2,18,21,22). The number of nitrogen functional groups attached to an aromatic ring is 1. The van der Waals surface area contributed by atoms with Gasteiger partial charge in [0.2, 0.25) is 10.0 Å². The van der Waals surface area contributed by atoms with E-state index in [9.17, 15) is 8.42 Å². The number of benzene rings is 3. The lowest BCUT2D eigenvalue weighted by molar-refractivity contribution is 0.598. The Morgan fingerprint density at radius 3 is 2.30 bits per heavy atom. The highest BCUT2D eigenvalue weighted by Crippen LogP contribution is 2.31. The maximum absolute atomic E-state index is 11.4. The number of hydrogen-bond donors (Lipinski definition) is 2. The predicted molar refractivity (Wildman–Crippen MR) is 90.4 cm³/mol. The molecule has 0 aliphatic rings. The molecule has 3 aromatic rings. The number of fused-ring (bicyclic) bond motifs is 1. The highest BCUT2D eigenvalue weighted by atomic mass is 32.2. The maximum atomic E-state index is 11.4. The van der Waals surface area contributed by atoms with E-state index in [2.05, 4.69) is 10.2 Å². The number of sulfonamides is 1. The second-order valence-corrected chi connectivity index (χ2v) is 6.52. The molecule has 0 bridgehead atoms. The minimum atomic E-state index is -3.77. The smallest absolute Gasteiger partial charge is 0.238 e. The van der Waals surface area contributed by atoms with Crippen LogP contribution in [0.4, 0.5) is 17.1 Å². The van der Waals surface area contributed by atoms with Gasteiger partial charge in [-0.25, -0.2) is 13.6 Å². The van der Waals surface area contributed by atoms with Gasteiger partial charge in [-0.05, 0) is 30.3 Å². The first-order chi connectivity index (χ1) is 10.9. The number of hydrogen-bond acceptors (Lipinski definition) is 5. The summed E-state index contributed by atoms with van der Waals surface area (Å²) < 4.78 is 22.7. The summed E-state index contributed by atoms with van der Waals surface area (Å²) in [4.78, 5) is -0.00360. The molecular formula is C16H14N4O2S. The van der Waals surface area contributed by atoms with E-state index in [1.807, 2.05) is 24.3 Å². The Bertz CT molecular complexity index is 1010. The van der Waals surface area contributed by atoms with Crippen LogP contribution < -0.4 is 10.9 Å². The molecule has 0 unspecified atom stereocenters. The zero-order chi connectivity index (χ0) is 16.4. The lowest BCUT2D eigenvalue weighted by Gasteiger charge is -2.04. The summed E-state index contributed by atoms with van der Waals surface area (Å²) in [6, 6.07) is 17.1. The fourth-order valence-corrected chi connectivity index (χ4v) is 2.78. The minimum absolute atomic E-state index is 0.00360. The number of nitrogens with zero attached hydrogens (tertiary/aromatic N) is 2. The van der Waals surface area contributed by atoms with Gasteiger partial charge in [0.15, 0.2) is 0 Å². The lowest BCUT2D eigenvalue weighted by Crippen LogP contribution is -2.11. The van der Waals surface area contributed by atoms with Crippen molar-refractivity contribution in [1.29, 1.82) is 0 Å². The van der Waals surface area contributed by atoms with E-state index < -0.39 is 10.0 Å². The third-order valence-corrected chi connectivity index (χ3v) is 4.27. The first kappa shape index (κ1) is 15.1. The molecule has 0 saturated carbocycles. The van der Waals surface area contributed by atoms with Crippen molar-refractivity contribution in [3.05, 3.63) is 60.7 Å². The van der Waals surface area contributed by atoms with Gasteiger partial charge in [-0.15, -0.1) is 5.11 Å². The number of primary sulfonamides is 1. The van der Waals surface area contributed by atoms with E-state index in [1.54, 1.807) is 24.3 Å². The second-order valence-electron chi connectivity index (χ2n) is 4.96. The van der Waals surface area contributed by atoms with Gasteiger partial charge in [-0.1, -0.05) is 30.3 Å². The zero-order valence-corrected chi connectivity index (χ0v) is 12.9. The van der Waals surface area contributed by atoms with E-state index >= 15 is 0 Å². The Kier molecular flexibility index (Phi) is 3.81. The average Bonchev–Trinajstić information content (AvgIpc) is 2.54. The summed E-state index contributed by atoms with van der Waals surface area (Å²) in [7, 11) is -3.77. The van der Waals surface area contributed by atoms with Crippen molar-refractivity contribution in [3.8, 4) is 0 Å². The molecule has 23 heavy (non-hydrogen) atoms. The van der Waals surface area contributed by atoms with Crippen molar-refractivity contribution in [3.63, 3.8) is 0 Å². The second kappa shape index (κ2) is 5.79. The van der Waals surface area contributed by atoms with Crippen molar-refractivity contribution in [2.24, 2.45) is 15.4 Å². The summed E-state index contributed by atoms with van der Waals surface area (Å²) in [5.74, 6) is 0. The van der Waals surface area contributed by atoms with Crippen LogP contribution >= 0.6 is 0 Å². The van der Waals surface area contributed by atoms with Crippen LogP contribution in [0.3, 0.4) is 0 Å². The molecule has 0 aliphatic heterocycles. The van der Waals surface area contributed by atoms with Gasteiger partial charge in [-0.3, -0.25) is 0 Å². The molecule has 0 spiro atoms. The van der Waals surface area contributed by atoms with Crippen LogP contribution in [0.2, 0.25) is 0 Å². The van der Waals surface area contributed by atoms with E-state index in [1.165, 1.54) is 12.1 Å². The van der Waals surface area contributed by atoms with Crippen molar-refractivity contribution in [2.45, 2.75) is 4.90 Å². The van der Waals surface area contributed by atoms with Crippen molar-refractivity contribution >= 4 is 37.9 Å². The fraction of sp³-hybridized carbons (Fsp3) is 0. The Hall–Kier alpha value is -2.77. The van der Waals surface area contributed by atoms with E-state index in [-0.39, 0.29) is 4.90 Å². The Balaban J connectivity index is 2.03. The Morgan fingerprint density at radius 1 is 0.826 bits per heavy atom. The van der Waals surface area contributed by atoms with Crippen LogP contribution in [0, 0.1) is 0 Å². The van der Waals surface area contributed by atoms with E-state index in [4.69, 9.17) is 10.9 Å². The molecule has 3 rings (SSSR count). The van der Waals surface area contributed by atoms with Crippen LogP contribution in [0.25, 0.3) is 10.8 Å². The van der Waals surface area contributed by atoms with Gasteiger partial charge in [0.25, 0.3) is 0 Å². The summed E-state index contributed by atoms with van der Waals surface area (Å²) in [5.41, 5.74) is 7.66. The van der Waals surface area contributed by atoms with Crippen molar-refractivity contribution < 1.29 is 8.42 Å². The number of azo groups is 1. The van der Waals surface area contributed by atoms with Crippen LogP contribution in [-0.2, 0) is 10.0 Å². The molecule has 0 amide bonds. The first-order valence-electron chi connectivity index (χ1n) is 6.77. The van der Waals surface area contributed by atoms with Crippen LogP contribution in [0.1, 0.15) is 0 Å². The van der Waals surface area contributed by atoms with Crippen molar-refractivity contribution in [1.82, 2.24) is 0 Å². The van der Waals surface area contributed by atoms with Gasteiger partial charge in [0, 0.05) is 16.5 Å². The highest BCUT2D eigenvalue weighted by molar-refractivity contribution is 7.89. The fourth-order valence-electron chi connectivity index (χ4n) is 2.23. The average molecular weight is 326 g/mol. The topological polar surface area (TPSA) is 111 Å². The predicted octanol–water partition coefficient (Wildman–Crippen LogP) is 3.48. The molecule has 0 aliphatic carbocycles. The molecule has 0 aromatic heterocycles. The molecule has 0 saturated heterocycles. The largest absolute Gasteiger partial charge is 0.398 e. The summed E-state index contributed by atoms with van der Waals surface area (Å²) in [6.45, 7) is 0. The molecule has 0 heterocycles. The normalized spacial score (nSPS) is 12.0. The monoisotopic (exact) mass is 326 g/mol. The maximum Gasteiger partial charge on any atom is 0.238 e. The summed E-state index contributed by atoms with van der Waals surface area (Å²) in [6.07, 6.45) is 0. The summed E-state index contributed by atoms with van der Waals surface area (Å²) >= 11 is 0. The van der Waals surface area contributed by atoms with Crippen LogP contribution in [0.15, 0.2) is 75.8 Å². The molecular weight excluding hydrogens is 312 g/mol. The SMILES string of the molecule is Nc1ccc(N=Nc2cccc(S(N)(=O)=O)c2)c2ccccc12. The third kappa shape index (κ3) is 3.20.